The lowest BCUT2D eigenvalue weighted by atomic mass is 10.1. The van der Waals surface area contributed by atoms with Crippen LogP contribution in [0.4, 0.5) is 5.69 Å². The van der Waals surface area contributed by atoms with E-state index in [0.29, 0.717) is 28.4 Å². The normalized spacial score (nSPS) is 11.5. The number of anilines is 1. The van der Waals surface area contributed by atoms with Crippen molar-refractivity contribution in [2.75, 3.05) is 25.0 Å². The Bertz CT molecular complexity index is 652. The number of likely N-dealkylation sites (N-methyl/N-ethyl adjacent to an activating group) is 1. The maximum Gasteiger partial charge on any atom is 0.251 e. The highest BCUT2D eigenvalue weighted by molar-refractivity contribution is 6.31. The lowest BCUT2D eigenvalue weighted by molar-refractivity contribution is -0.117. The number of carbonyl (C=O) groups is 2. The van der Waals surface area contributed by atoms with Gasteiger partial charge in [0.15, 0.2) is 0 Å². The van der Waals surface area contributed by atoms with Crippen LogP contribution in [-0.2, 0) is 4.79 Å². The van der Waals surface area contributed by atoms with Crippen molar-refractivity contribution >= 4 is 29.1 Å². The van der Waals surface area contributed by atoms with Crippen molar-refractivity contribution < 1.29 is 9.59 Å². The van der Waals surface area contributed by atoms with Crippen LogP contribution >= 0.6 is 11.6 Å². The molecule has 0 aliphatic heterocycles. The predicted octanol–water partition coefficient (Wildman–Crippen LogP) is 2.18. The molecule has 0 atom stereocenters. The van der Waals surface area contributed by atoms with E-state index < -0.39 is 0 Å². The van der Waals surface area contributed by atoms with Crippen LogP contribution in [0.3, 0.4) is 0 Å². The van der Waals surface area contributed by atoms with Gasteiger partial charge in [0, 0.05) is 35.1 Å². The molecule has 6 nitrogen and oxygen atoms in total. The number of carbonyl (C=O) groups excluding carboxylic acids is 2. The Morgan fingerprint density at radius 3 is 2.38 bits per heavy atom. The zero-order valence-corrected chi connectivity index (χ0v) is 15.3. The van der Waals surface area contributed by atoms with Gasteiger partial charge in [0.05, 0.1) is 12.1 Å². The fourth-order valence-corrected chi connectivity index (χ4v) is 2.44. The fraction of sp³-hybridized carbons (Fsp3) is 0.412. The van der Waals surface area contributed by atoms with Gasteiger partial charge in [-0.1, -0.05) is 11.6 Å². The molecule has 5 N–H and O–H groups in total. The molecule has 1 aromatic carbocycles. The highest BCUT2D eigenvalue weighted by Crippen LogP contribution is 2.24. The number of amides is 2. The van der Waals surface area contributed by atoms with Gasteiger partial charge in [0.1, 0.15) is 0 Å². The third-order valence-corrected chi connectivity index (χ3v) is 3.72. The van der Waals surface area contributed by atoms with E-state index in [2.05, 4.69) is 16.0 Å². The number of hydrogen-bond donors (Lipinski definition) is 4. The first kappa shape index (κ1) is 19.8. The van der Waals surface area contributed by atoms with Crippen molar-refractivity contribution in [1.82, 2.24) is 10.6 Å². The molecule has 132 valence electrons. The first-order valence-electron chi connectivity index (χ1n) is 7.87. The van der Waals surface area contributed by atoms with Gasteiger partial charge >= 0.3 is 0 Å². The number of allylic oxidation sites excluding steroid dienone is 1. The molecule has 1 aromatic rings. The maximum absolute atomic E-state index is 12.5. The maximum atomic E-state index is 12.5. The predicted molar refractivity (Wildman–Crippen MR) is 98.3 cm³/mol. The molecular formula is C17H25ClN4O2. The lowest BCUT2D eigenvalue weighted by Gasteiger charge is -2.15. The topological polar surface area (TPSA) is 96.2 Å². The van der Waals surface area contributed by atoms with Crippen LogP contribution in [0, 0.1) is 6.92 Å². The molecule has 0 saturated heterocycles. The Kier molecular flexibility index (Phi) is 7.58. The molecule has 0 bridgehead atoms. The van der Waals surface area contributed by atoms with Gasteiger partial charge in [-0.15, -0.1) is 0 Å². The highest BCUT2D eigenvalue weighted by atomic mass is 35.5. The number of nitrogens with two attached hydrogens (primary N) is 1. The minimum absolute atomic E-state index is 0.0511. The van der Waals surface area contributed by atoms with E-state index in [1.54, 1.807) is 19.1 Å². The van der Waals surface area contributed by atoms with Gasteiger partial charge in [0.25, 0.3) is 11.8 Å². The number of hydrogen-bond acceptors (Lipinski definition) is 4. The summed E-state index contributed by atoms with van der Waals surface area (Å²) in [7, 11) is 0. The van der Waals surface area contributed by atoms with E-state index in [1.807, 2.05) is 20.8 Å². The third-order valence-electron chi connectivity index (χ3n) is 3.50. The molecule has 0 aromatic heterocycles. The smallest absolute Gasteiger partial charge is 0.251 e. The average Bonchev–Trinajstić information content (AvgIpc) is 2.50. The van der Waals surface area contributed by atoms with Crippen molar-refractivity contribution in [3.8, 4) is 0 Å². The van der Waals surface area contributed by atoms with Gasteiger partial charge in [-0.05, 0) is 45.4 Å². The lowest BCUT2D eigenvalue weighted by Crippen LogP contribution is -2.34. The van der Waals surface area contributed by atoms with E-state index >= 15 is 0 Å². The van der Waals surface area contributed by atoms with E-state index in [9.17, 15) is 9.59 Å². The molecule has 1 rings (SSSR count). The van der Waals surface area contributed by atoms with Crippen LogP contribution in [0.5, 0.6) is 0 Å². The fourth-order valence-electron chi connectivity index (χ4n) is 2.22. The quantitative estimate of drug-likeness (QED) is 0.565. The summed E-state index contributed by atoms with van der Waals surface area (Å²) in [4.78, 5) is 24.5. The van der Waals surface area contributed by atoms with Gasteiger partial charge < -0.3 is 21.7 Å². The van der Waals surface area contributed by atoms with E-state index in [-0.39, 0.29) is 18.4 Å². The summed E-state index contributed by atoms with van der Waals surface area (Å²) in [6, 6.07) is 3.39. The highest BCUT2D eigenvalue weighted by Gasteiger charge is 2.16. The van der Waals surface area contributed by atoms with Gasteiger partial charge in [-0.3, -0.25) is 9.59 Å². The molecule has 2 amide bonds. The van der Waals surface area contributed by atoms with Crippen LogP contribution in [0.15, 0.2) is 23.4 Å². The second-order valence-corrected chi connectivity index (χ2v) is 5.80. The zero-order chi connectivity index (χ0) is 18.3. The molecule has 0 unspecified atom stereocenters. The van der Waals surface area contributed by atoms with Crippen molar-refractivity contribution in [1.29, 1.82) is 0 Å². The molecule has 7 heteroatoms. The van der Waals surface area contributed by atoms with Gasteiger partial charge in [0.2, 0.25) is 0 Å². The molecule has 0 spiro atoms. The van der Waals surface area contributed by atoms with E-state index in [4.69, 9.17) is 17.3 Å². The van der Waals surface area contributed by atoms with Crippen molar-refractivity contribution in [2.45, 2.75) is 27.7 Å². The molecule has 0 fully saturated rings. The van der Waals surface area contributed by atoms with Gasteiger partial charge in [-0.2, -0.15) is 0 Å². The molecule has 0 aliphatic rings. The Morgan fingerprint density at radius 1 is 1.17 bits per heavy atom. The Morgan fingerprint density at radius 2 is 1.83 bits per heavy atom. The molecule has 24 heavy (non-hydrogen) atoms. The van der Waals surface area contributed by atoms with Gasteiger partial charge in [-0.25, -0.2) is 0 Å². The summed E-state index contributed by atoms with van der Waals surface area (Å²) < 4.78 is 0. The second-order valence-electron chi connectivity index (χ2n) is 5.36. The van der Waals surface area contributed by atoms with Crippen LogP contribution < -0.4 is 21.7 Å². The molecule has 0 saturated carbocycles. The number of halogens is 1. The minimum atomic E-state index is -0.308. The summed E-state index contributed by atoms with van der Waals surface area (Å²) in [6.07, 6.45) is 0. The second kappa shape index (κ2) is 9.17. The number of benzene rings is 1. The number of rotatable bonds is 7. The van der Waals surface area contributed by atoms with Crippen molar-refractivity contribution in [3.63, 3.8) is 0 Å². The van der Waals surface area contributed by atoms with Crippen LogP contribution in [0.2, 0.25) is 5.02 Å². The third kappa shape index (κ3) is 5.16. The van der Waals surface area contributed by atoms with Crippen LogP contribution in [-0.4, -0.2) is 31.4 Å². The van der Waals surface area contributed by atoms with Crippen molar-refractivity contribution in [3.05, 3.63) is 39.6 Å². The molecule has 0 aliphatic carbocycles. The average molecular weight is 353 g/mol. The molecular weight excluding hydrogens is 328 g/mol. The molecule has 0 radical (unpaired) electrons. The summed E-state index contributed by atoms with van der Waals surface area (Å²) in [5.41, 5.74) is 8.53. The number of nitrogens with one attached hydrogen (secondary N) is 3. The van der Waals surface area contributed by atoms with Crippen LogP contribution in [0.25, 0.3) is 0 Å². The van der Waals surface area contributed by atoms with Crippen LogP contribution in [0.1, 0.15) is 36.7 Å². The monoisotopic (exact) mass is 352 g/mol. The summed E-state index contributed by atoms with van der Waals surface area (Å²) in [5.74, 6) is -0.592. The first-order valence-corrected chi connectivity index (χ1v) is 8.25. The van der Waals surface area contributed by atoms with E-state index in [1.165, 1.54) is 0 Å². The zero-order valence-electron chi connectivity index (χ0n) is 14.5. The summed E-state index contributed by atoms with van der Waals surface area (Å²) in [5, 5.41) is 9.05. The van der Waals surface area contributed by atoms with Crippen molar-refractivity contribution in [2.24, 2.45) is 5.73 Å². The largest absolute Gasteiger partial charge is 0.402 e. The Labute approximate surface area is 147 Å². The Hall–Kier alpha value is -2.21. The SMILES string of the molecule is CCNC(=O)/C(CNC(=O)c1cc(Cl)cc(NCC)c1C)=C(/C)N. The summed E-state index contributed by atoms with van der Waals surface area (Å²) in [6.45, 7) is 8.52. The van der Waals surface area contributed by atoms with E-state index in [0.717, 1.165) is 17.8 Å². The Balaban J connectivity index is 2.96. The summed E-state index contributed by atoms with van der Waals surface area (Å²) >= 11 is 6.09. The molecule has 0 heterocycles. The minimum Gasteiger partial charge on any atom is -0.402 e. The first-order chi connectivity index (χ1) is 11.3. The standard InChI is InChI=1S/C17H25ClN4O2/c1-5-20-15-8-12(18)7-13(10(15)3)16(23)22-9-14(11(4)19)17(24)21-6-2/h7-8,20H,5-6,9,19H2,1-4H3,(H,21,24)(H,22,23)/b14-11-.